The van der Waals surface area contributed by atoms with Crippen LogP contribution in [0.25, 0.3) is 0 Å². The van der Waals surface area contributed by atoms with E-state index in [0.29, 0.717) is 0 Å². The van der Waals surface area contributed by atoms with Gasteiger partial charge in [-0.1, -0.05) is 0 Å². The van der Waals surface area contributed by atoms with Crippen molar-refractivity contribution in [2.24, 2.45) is 0 Å². The van der Waals surface area contributed by atoms with Crippen molar-refractivity contribution < 1.29 is 29.4 Å². The average Bonchev–Trinajstić information content (AvgIpc) is 1.00. The Morgan fingerprint density at radius 3 is 1.50 bits per heavy atom. The summed E-state index contributed by atoms with van der Waals surface area (Å²) in [5.41, 5.74) is 0. The van der Waals surface area contributed by atoms with Crippen molar-refractivity contribution in [1.29, 1.82) is 0 Å². The predicted molar refractivity (Wildman–Crippen MR) is 16.6 cm³/mol. The molecule has 0 aromatic carbocycles. The summed E-state index contributed by atoms with van der Waals surface area (Å²) < 4.78 is 8.25. The number of hydrogen-bond donors (Lipinski definition) is 0. The molecule has 0 aliphatic rings. The Balaban J connectivity index is -0.000000000333. The van der Waals surface area contributed by atoms with Gasteiger partial charge in [-0.3, -0.25) is 0 Å². The van der Waals surface area contributed by atoms with Crippen molar-refractivity contribution in [1.82, 2.24) is 0 Å². The van der Waals surface area contributed by atoms with Crippen molar-refractivity contribution in [3.05, 3.63) is 0 Å². The Bertz CT molecular complexity index is 16.0. The minimum atomic E-state index is 0. The molecule has 0 aromatic rings. The van der Waals surface area contributed by atoms with Gasteiger partial charge in [-0.15, -0.1) is 0 Å². The van der Waals surface area contributed by atoms with Gasteiger partial charge in [0.15, 0.2) is 0 Å². The fourth-order valence-electron chi connectivity index (χ4n) is 0. The first kappa shape index (κ1) is 15.7. The van der Waals surface area contributed by atoms with Gasteiger partial charge in [0, 0.05) is 0 Å². The Kier molecular flexibility index (Phi) is 63.9. The van der Waals surface area contributed by atoms with E-state index in [1.54, 1.807) is 0 Å². The van der Waals surface area contributed by atoms with E-state index in [1.165, 1.54) is 0 Å². The van der Waals surface area contributed by atoms with E-state index < -0.39 is 0 Å². The summed E-state index contributed by atoms with van der Waals surface area (Å²) in [6.07, 6.45) is 0. The first-order valence-electron chi connectivity index (χ1n) is 0.204. The number of rotatable bonds is 0. The minimum Gasteiger partial charge on any atom is 2.00 e. The quantitative estimate of drug-likeness (QED) is 0.480. The van der Waals surface area contributed by atoms with Crippen molar-refractivity contribution in [3.8, 4) is 0 Å². The molecule has 18 valence electrons. The maximum absolute atomic E-state index is 8.25. The van der Waals surface area contributed by atoms with Gasteiger partial charge >= 0.3 is 107 Å². The van der Waals surface area contributed by atoms with Crippen molar-refractivity contribution >= 4 is 83.2 Å². The molecule has 0 atom stereocenters. The van der Waals surface area contributed by atoms with E-state index in [1.807, 2.05) is 0 Å². The summed E-state index contributed by atoms with van der Waals surface area (Å²) in [5, 5.41) is 0. The molecule has 0 unspecified atom stereocenters. The summed E-state index contributed by atoms with van der Waals surface area (Å²) in [4.78, 5) is 0. The number of hydrogen-bond acceptors (Lipinski definition) is 1. The fourth-order valence-corrected chi connectivity index (χ4v) is 0. The Labute approximate surface area is 110 Å². The molecule has 0 heterocycles. The molecular formula is H4CaOSrTi. The smallest absolute Gasteiger partial charge is 2.00 e. The third-order valence-corrected chi connectivity index (χ3v) is 0. The summed E-state index contributed by atoms with van der Waals surface area (Å²) in [6, 6.07) is 0. The SMILES string of the molecule is [Ca+2].[H-].[H-].[H-].[H-].[O]=[Ti].[Sr+2]. The van der Waals surface area contributed by atoms with Crippen LogP contribution in [-0.2, 0) is 23.7 Å². The molecule has 1 nitrogen and oxygen atoms in total. The van der Waals surface area contributed by atoms with Gasteiger partial charge in [-0.05, 0) is 0 Å². The minimum absolute atomic E-state index is 0. The topological polar surface area (TPSA) is 17.1 Å². The molecule has 0 bridgehead atoms. The zero-order valence-electron chi connectivity index (χ0n) is 6.32. The van der Waals surface area contributed by atoms with Crippen molar-refractivity contribution in [2.75, 3.05) is 0 Å². The molecule has 0 saturated heterocycles. The zero-order valence-corrected chi connectivity index (χ0v) is 9.57. The first-order chi connectivity index (χ1) is 1.00. The van der Waals surface area contributed by atoms with Gasteiger partial charge in [0.25, 0.3) is 0 Å². The fraction of sp³-hybridized carbons (Fsp3) is 0. The van der Waals surface area contributed by atoms with E-state index in [-0.39, 0.29) is 88.9 Å². The van der Waals surface area contributed by atoms with Crippen LogP contribution >= 0.6 is 0 Å². The first-order valence-corrected chi connectivity index (χ1v) is 0.842. The van der Waals surface area contributed by atoms with Gasteiger partial charge in [-0.2, -0.15) is 0 Å². The summed E-state index contributed by atoms with van der Waals surface area (Å²) in [5.74, 6) is 0. The third-order valence-electron chi connectivity index (χ3n) is 0. The van der Waals surface area contributed by atoms with Crippen LogP contribution in [-0.4, -0.2) is 83.2 Å². The molecule has 0 rings (SSSR count). The molecule has 0 aromatic heterocycles. The molecule has 0 saturated carbocycles. The molecule has 0 radical (unpaired) electrons. The predicted octanol–water partition coefficient (Wildman–Crippen LogP) is -0.433. The van der Waals surface area contributed by atoms with Gasteiger partial charge < -0.3 is 5.71 Å². The summed E-state index contributed by atoms with van der Waals surface area (Å²) in [7, 11) is 0. The van der Waals surface area contributed by atoms with Crippen LogP contribution in [0.5, 0.6) is 0 Å². The second-order valence-electron chi connectivity index (χ2n) is 0. The third kappa shape index (κ3) is 8.98. The molecule has 0 spiro atoms. The standard InChI is InChI=1S/Ca.O.Sr.Ti.4H/q+2;;+2;;4*-1. The van der Waals surface area contributed by atoms with Crippen LogP contribution in [0.15, 0.2) is 0 Å². The second-order valence-corrected chi connectivity index (χ2v) is 0. The maximum atomic E-state index is 8.25. The summed E-state index contributed by atoms with van der Waals surface area (Å²) >= 11 is 0.750. The monoisotopic (exact) mass is 196 g/mol. The van der Waals surface area contributed by atoms with Crippen LogP contribution in [0.1, 0.15) is 5.71 Å². The van der Waals surface area contributed by atoms with E-state index >= 15 is 0 Å². The molecule has 0 fully saturated rings. The van der Waals surface area contributed by atoms with E-state index in [9.17, 15) is 0 Å². The van der Waals surface area contributed by atoms with E-state index in [4.69, 9.17) is 3.32 Å². The second kappa shape index (κ2) is 16.3. The molecule has 0 aliphatic heterocycles. The van der Waals surface area contributed by atoms with Crippen LogP contribution in [0.3, 0.4) is 0 Å². The van der Waals surface area contributed by atoms with Gasteiger partial charge in [0.1, 0.15) is 0 Å². The normalized spacial score (nSPS) is 0.750. The Morgan fingerprint density at radius 2 is 1.50 bits per heavy atom. The van der Waals surface area contributed by atoms with Gasteiger partial charge in [0.2, 0.25) is 0 Å². The van der Waals surface area contributed by atoms with Crippen molar-refractivity contribution in [2.45, 2.75) is 0 Å². The maximum Gasteiger partial charge on any atom is 2.00 e. The van der Waals surface area contributed by atoms with Gasteiger partial charge in [-0.25, -0.2) is 0 Å². The van der Waals surface area contributed by atoms with Crippen LogP contribution in [0.2, 0.25) is 0 Å². The summed E-state index contributed by atoms with van der Waals surface area (Å²) in [6.45, 7) is 0. The Hall–Kier alpha value is 3.25. The van der Waals surface area contributed by atoms with Crippen LogP contribution < -0.4 is 0 Å². The Morgan fingerprint density at radius 1 is 1.50 bits per heavy atom. The zero-order chi connectivity index (χ0) is 2.00. The van der Waals surface area contributed by atoms with E-state index in [0.717, 1.165) is 20.4 Å². The van der Waals surface area contributed by atoms with Crippen molar-refractivity contribution in [3.63, 3.8) is 0 Å². The molecule has 0 N–H and O–H groups in total. The molecule has 4 heteroatoms. The molecule has 0 aliphatic carbocycles. The molecule has 4 heavy (non-hydrogen) atoms. The van der Waals surface area contributed by atoms with Gasteiger partial charge in [0.05, 0.1) is 0 Å². The largest absolute Gasteiger partial charge is 2.00 e. The molecular weight excluding hydrogens is 192 g/mol. The van der Waals surface area contributed by atoms with Crippen LogP contribution in [0.4, 0.5) is 0 Å². The average molecular weight is 196 g/mol. The molecule has 0 amide bonds. The van der Waals surface area contributed by atoms with Crippen LogP contribution in [0, 0.1) is 0 Å². The van der Waals surface area contributed by atoms with E-state index in [2.05, 4.69) is 0 Å².